The summed E-state index contributed by atoms with van der Waals surface area (Å²) in [5, 5.41) is 4.16. The summed E-state index contributed by atoms with van der Waals surface area (Å²) in [7, 11) is 0. The largest absolute Gasteiger partial charge is 0.460 e. The van der Waals surface area contributed by atoms with E-state index in [4.69, 9.17) is 0 Å². The number of urea groups is 1. The minimum absolute atomic E-state index is 0.538. The molecular weight excluding hydrogens is 842 g/mol. The molecule has 0 spiro atoms. The molecule has 0 aliphatic rings. The Kier molecular flexibility index (Phi) is 15.0. The maximum Gasteiger partial charge on any atom is 0.460 e. The fourth-order valence-electron chi connectivity index (χ4n) is 3.75. The van der Waals surface area contributed by atoms with Crippen molar-refractivity contribution < 1.29 is 124 Å². The molecule has 54 heavy (non-hydrogen) atoms. The number of hydrogen-bond acceptors (Lipinski definition) is 2. The highest BCUT2D eigenvalue weighted by Gasteiger charge is 2.92. The third-order valence-electron chi connectivity index (χ3n) is 6.94. The Morgan fingerprint density at radius 1 is 0.481 bits per heavy atom. The number of carbonyl (C=O) groups is 1. The SMILES string of the molecule is CC(C)NC(=O)NCCCOC(CCC(F)(F)C(F)(F)C(F)(F)C(F)(F)C(F)(F)C(F)(F)F)CCC(F)(F)C(F)(F)C(F)(F)C(F)(F)C(F)(F)C(F)(F)F. The van der Waals surface area contributed by atoms with E-state index < -0.39 is 135 Å². The van der Waals surface area contributed by atoms with Crippen molar-refractivity contribution in [1.29, 1.82) is 0 Å². The highest BCUT2D eigenvalue weighted by molar-refractivity contribution is 5.73. The Bertz CT molecular complexity index is 1160. The number of carbonyl (C=O) groups excluding carboxylic acids is 1. The number of ether oxygens (including phenoxy) is 1. The van der Waals surface area contributed by atoms with Gasteiger partial charge in [-0.05, 0) is 33.1 Å². The lowest BCUT2D eigenvalue weighted by atomic mass is 9.89. The lowest BCUT2D eigenvalue weighted by molar-refractivity contribution is -0.440. The van der Waals surface area contributed by atoms with Crippen LogP contribution in [-0.2, 0) is 4.74 Å². The van der Waals surface area contributed by atoms with Crippen LogP contribution in [0.15, 0.2) is 0 Å². The summed E-state index contributed by atoms with van der Waals surface area (Å²) >= 11 is 0. The lowest BCUT2D eigenvalue weighted by Gasteiger charge is -2.40. The van der Waals surface area contributed by atoms with Gasteiger partial charge in [0.25, 0.3) is 0 Å². The van der Waals surface area contributed by atoms with E-state index in [0.717, 1.165) is 0 Å². The summed E-state index contributed by atoms with van der Waals surface area (Å²) in [4.78, 5) is 11.5. The zero-order valence-electron chi connectivity index (χ0n) is 26.2. The standard InChI is InChI=1S/C24H24F26N2O2/c1-10(2)52-12(53)51-8-3-9-54-11(4-6-13(25,26)15(29,30)17(33,34)19(37,38)21(41,42)23(45,46)47)5-7-14(27,28)16(31,32)18(35,36)20(39,40)22(43,44)24(48,49)50/h10-11H,3-9H2,1-2H3,(H2,51,52,53). The van der Waals surface area contributed by atoms with Crippen molar-refractivity contribution in [2.75, 3.05) is 13.2 Å². The van der Waals surface area contributed by atoms with E-state index in [9.17, 15) is 119 Å². The van der Waals surface area contributed by atoms with Gasteiger partial charge in [0, 0.05) is 32.0 Å². The lowest BCUT2D eigenvalue weighted by Crippen LogP contribution is -2.70. The number of amides is 2. The average molecular weight is 866 g/mol. The Balaban J connectivity index is 6.57. The second-order valence-corrected chi connectivity index (χ2v) is 11.5. The molecule has 4 nitrogen and oxygen atoms in total. The third-order valence-corrected chi connectivity index (χ3v) is 6.94. The molecule has 0 aromatic rings. The molecule has 30 heteroatoms. The molecule has 0 saturated heterocycles. The predicted molar refractivity (Wildman–Crippen MR) is 126 cm³/mol. The van der Waals surface area contributed by atoms with Crippen LogP contribution >= 0.6 is 0 Å². The van der Waals surface area contributed by atoms with E-state index in [0.29, 0.717) is 0 Å². The van der Waals surface area contributed by atoms with Crippen LogP contribution in [0.25, 0.3) is 0 Å². The summed E-state index contributed by atoms with van der Waals surface area (Å²) in [6.45, 7) is 0.999. The van der Waals surface area contributed by atoms with E-state index in [2.05, 4.69) is 10.1 Å². The normalized spacial score (nSPS) is 15.7. The first-order valence-corrected chi connectivity index (χ1v) is 14.0. The summed E-state index contributed by atoms with van der Waals surface area (Å²) in [6, 6.07) is -1.52. The molecule has 2 amide bonds. The average Bonchev–Trinajstić information content (AvgIpc) is 2.95. The van der Waals surface area contributed by atoms with E-state index in [-0.39, 0.29) is 0 Å². The van der Waals surface area contributed by atoms with Crippen LogP contribution in [0.2, 0.25) is 0 Å². The maximum absolute atomic E-state index is 14.3. The molecule has 0 bridgehead atoms. The van der Waals surface area contributed by atoms with Crippen LogP contribution in [0, 0.1) is 0 Å². The monoisotopic (exact) mass is 866 g/mol. The second-order valence-electron chi connectivity index (χ2n) is 11.5. The number of alkyl halides is 26. The zero-order chi connectivity index (χ0) is 43.8. The van der Waals surface area contributed by atoms with Gasteiger partial charge in [-0.15, -0.1) is 0 Å². The molecule has 0 unspecified atom stereocenters. The second kappa shape index (κ2) is 15.7. The van der Waals surface area contributed by atoms with E-state index in [1.165, 1.54) is 13.8 Å². The quantitative estimate of drug-likeness (QED) is 0.0946. The highest BCUT2D eigenvalue weighted by Crippen LogP contribution is 2.62. The molecule has 0 atom stereocenters. The predicted octanol–water partition coefficient (Wildman–Crippen LogP) is 10.5. The molecule has 324 valence electrons. The number of rotatable bonds is 20. The topological polar surface area (TPSA) is 50.4 Å². The molecule has 0 rings (SSSR count). The van der Waals surface area contributed by atoms with Gasteiger partial charge in [0.2, 0.25) is 0 Å². The van der Waals surface area contributed by atoms with E-state index >= 15 is 0 Å². The van der Waals surface area contributed by atoms with Crippen LogP contribution < -0.4 is 10.6 Å². The van der Waals surface area contributed by atoms with Gasteiger partial charge in [-0.3, -0.25) is 0 Å². The Labute approximate surface area is 284 Å². The Morgan fingerprint density at radius 2 is 0.778 bits per heavy atom. The first-order chi connectivity index (χ1) is 23.4. The minimum atomic E-state index is -8.39. The summed E-state index contributed by atoms with van der Waals surface area (Å²) in [6.07, 6.45) is -30.5. The fourth-order valence-corrected chi connectivity index (χ4v) is 3.75. The highest BCUT2D eigenvalue weighted by atomic mass is 19.4. The van der Waals surface area contributed by atoms with Gasteiger partial charge in [-0.2, -0.15) is 114 Å². The van der Waals surface area contributed by atoms with Gasteiger partial charge in [0.05, 0.1) is 6.10 Å². The van der Waals surface area contributed by atoms with Gasteiger partial charge in [0.1, 0.15) is 0 Å². The van der Waals surface area contributed by atoms with Crippen LogP contribution in [0.3, 0.4) is 0 Å². The molecule has 0 heterocycles. The Morgan fingerprint density at radius 3 is 1.06 bits per heavy atom. The molecule has 0 aromatic carbocycles. The van der Waals surface area contributed by atoms with Crippen LogP contribution in [-0.4, -0.2) is 103 Å². The molecule has 0 aliphatic heterocycles. The molecule has 2 N–H and O–H groups in total. The summed E-state index contributed by atoms with van der Waals surface area (Å²) in [5.74, 6) is -79.6. The number of hydrogen-bond donors (Lipinski definition) is 2. The minimum Gasteiger partial charge on any atom is -0.378 e. The first kappa shape index (κ1) is 51.4. The fraction of sp³-hybridized carbons (Fsp3) is 0.958. The van der Waals surface area contributed by atoms with Crippen molar-refractivity contribution in [3.8, 4) is 0 Å². The number of nitrogens with one attached hydrogen (secondary N) is 2. The van der Waals surface area contributed by atoms with E-state index in [1.807, 2.05) is 5.32 Å². The van der Waals surface area contributed by atoms with Crippen LogP contribution in [0.5, 0.6) is 0 Å². The smallest absolute Gasteiger partial charge is 0.378 e. The molecule has 0 saturated carbocycles. The molecule has 0 radical (unpaired) electrons. The van der Waals surface area contributed by atoms with Crippen molar-refractivity contribution in [2.45, 2.75) is 130 Å². The van der Waals surface area contributed by atoms with Crippen LogP contribution in [0.4, 0.5) is 119 Å². The molecule has 0 aliphatic carbocycles. The molecule has 0 aromatic heterocycles. The van der Waals surface area contributed by atoms with Crippen molar-refractivity contribution in [2.24, 2.45) is 0 Å². The summed E-state index contributed by atoms with van der Waals surface area (Å²) < 4.78 is 352. The Hall–Kier alpha value is -2.59. The van der Waals surface area contributed by atoms with Crippen molar-refractivity contribution in [3.05, 3.63) is 0 Å². The molecule has 0 fully saturated rings. The van der Waals surface area contributed by atoms with Crippen molar-refractivity contribution >= 4 is 6.03 Å². The van der Waals surface area contributed by atoms with Gasteiger partial charge < -0.3 is 15.4 Å². The first-order valence-electron chi connectivity index (χ1n) is 14.0. The van der Waals surface area contributed by atoms with Gasteiger partial charge >= 0.3 is 77.6 Å². The van der Waals surface area contributed by atoms with Crippen LogP contribution in [0.1, 0.15) is 46.0 Å². The van der Waals surface area contributed by atoms with Gasteiger partial charge in [-0.25, -0.2) is 4.79 Å². The van der Waals surface area contributed by atoms with Gasteiger partial charge in [-0.1, -0.05) is 0 Å². The van der Waals surface area contributed by atoms with Gasteiger partial charge in [0.15, 0.2) is 0 Å². The van der Waals surface area contributed by atoms with E-state index in [1.54, 1.807) is 0 Å². The molecular formula is C24H24F26N2O2. The third kappa shape index (κ3) is 9.33. The number of halogens is 26. The van der Waals surface area contributed by atoms with Crippen molar-refractivity contribution in [1.82, 2.24) is 10.6 Å². The zero-order valence-corrected chi connectivity index (χ0v) is 26.2. The maximum atomic E-state index is 14.3. The summed E-state index contributed by atoms with van der Waals surface area (Å²) in [5.41, 5.74) is 0. The van der Waals surface area contributed by atoms with Crippen molar-refractivity contribution in [3.63, 3.8) is 0 Å².